The molecule has 0 spiro atoms. The Labute approximate surface area is 166 Å². The highest BCUT2D eigenvalue weighted by atomic mass is 16.3. The van der Waals surface area contributed by atoms with Crippen LogP contribution in [-0.2, 0) is 17.9 Å². The predicted molar refractivity (Wildman–Crippen MR) is 105 cm³/mol. The molecular weight excluding hydrogens is 370 g/mol. The molecule has 0 bridgehead atoms. The van der Waals surface area contributed by atoms with E-state index in [1.165, 1.54) is 0 Å². The van der Waals surface area contributed by atoms with Gasteiger partial charge >= 0.3 is 0 Å². The molecule has 5 heterocycles. The van der Waals surface area contributed by atoms with Crippen LogP contribution in [0.3, 0.4) is 0 Å². The fourth-order valence-corrected chi connectivity index (χ4v) is 3.57. The molecule has 4 aromatic heterocycles. The molecule has 0 radical (unpaired) electrons. The van der Waals surface area contributed by atoms with Gasteiger partial charge in [-0.25, -0.2) is 9.67 Å². The average Bonchev–Trinajstić information content (AvgIpc) is 3.47. The number of aromatic nitrogens is 6. The number of aliphatic hydroxyl groups is 1. The van der Waals surface area contributed by atoms with Crippen molar-refractivity contribution in [3.05, 3.63) is 60.4 Å². The predicted octanol–water partition coefficient (Wildman–Crippen LogP) is 1.66. The number of hydrogen-bond donors (Lipinski definition) is 1. The van der Waals surface area contributed by atoms with Gasteiger partial charge in [-0.1, -0.05) is 11.3 Å². The van der Waals surface area contributed by atoms with E-state index in [4.69, 9.17) is 0 Å². The minimum absolute atomic E-state index is 0.00792. The molecule has 9 nitrogen and oxygen atoms in total. The largest absolute Gasteiger partial charge is 0.392 e. The fraction of sp³-hybridized carbons (Fsp3) is 0.250. The summed E-state index contributed by atoms with van der Waals surface area (Å²) in [6, 6.07) is 5.65. The van der Waals surface area contributed by atoms with Crippen molar-refractivity contribution in [3.8, 4) is 11.3 Å². The lowest BCUT2D eigenvalue weighted by atomic mass is 10.2. The minimum Gasteiger partial charge on any atom is -0.392 e. The van der Waals surface area contributed by atoms with Crippen LogP contribution in [0.5, 0.6) is 0 Å². The molecule has 0 saturated carbocycles. The third-order valence-corrected chi connectivity index (χ3v) is 5.01. The van der Waals surface area contributed by atoms with E-state index in [-0.39, 0.29) is 12.5 Å². The van der Waals surface area contributed by atoms with E-state index in [1.54, 1.807) is 22.0 Å². The summed E-state index contributed by atoms with van der Waals surface area (Å²) in [5.74, 6) is 0.129. The molecule has 9 heteroatoms. The van der Waals surface area contributed by atoms with Gasteiger partial charge in [0.1, 0.15) is 11.3 Å². The molecule has 1 aliphatic rings. The quantitative estimate of drug-likeness (QED) is 0.557. The van der Waals surface area contributed by atoms with Gasteiger partial charge in [-0.05, 0) is 24.1 Å². The summed E-state index contributed by atoms with van der Waals surface area (Å²) >= 11 is 0. The van der Waals surface area contributed by atoms with Crippen molar-refractivity contribution in [1.82, 2.24) is 29.4 Å². The molecule has 146 valence electrons. The molecule has 1 N–H and O–H groups in total. The third kappa shape index (κ3) is 3.36. The van der Waals surface area contributed by atoms with Crippen LogP contribution in [0.4, 0.5) is 5.69 Å². The van der Waals surface area contributed by atoms with Gasteiger partial charge < -0.3 is 14.4 Å². The molecule has 29 heavy (non-hydrogen) atoms. The number of amides is 1. The first-order valence-electron chi connectivity index (χ1n) is 9.43. The standard InChI is InChI=1S/C20H19N7O2/c28-13-14-3-4-19-22-16(10-25(19)9-14)11-26-12-18(23-24-26)15-6-17(8-21-7-15)27-5-1-2-20(27)29/h3-4,6-10,12,28H,1-2,5,11,13H2. The smallest absolute Gasteiger partial charge is 0.227 e. The van der Waals surface area contributed by atoms with E-state index < -0.39 is 0 Å². The van der Waals surface area contributed by atoms with E-state index in [0.29, 0.717) is 18.7 Å². The van der Waals surface area contributed by atoms with Crippen molar-refractivity contribution in [2.24, 2.45) is 0 Å². The topological polar surface area (TPSA) is 101 Å². The van der Waals surface area contributed by atoms with Gasteiger partial charge in [-0.3, -0.25) is 9.78 Å². The Bertz CT molecular complexity index is 1200. The lowest BCUT2D eigenvalue weighted by Crippen LogP contribution is -2.23. The van der Waals surface area contributed by atoms with Crippen LogP contribution in [0, 0.1) is 0 Å². The zero-order valence-electron chi connectivity index (χ0n) is 15.6. The van der Waals surface area contributed by atoms with Crippen molar-refractivity contribution in [1.29, 1.82) is 0 Å². The summed E-state index contributed by atoms with van der Waals surface area (Å²) in [6.07, 6.45) is 10.5. The summed E-state index contributed by atoms with van der Waals surface area (Å²) in [5.41, 5.74) is 4.78. The van der Waals surface area contributed by atoms with Crippen LogP contribution in [0.25, 0.3) is 16.9 Å². The van der Waals surface area contributed by atoms with Crippen LogP contribution in [0.1, 0.15) is 24.1 Å². The van der Waals surface area contributed by atoms with Crippen LogP contribution in [-0.4, -0.2) is 46.9 Å². The minimum atomic E-state index is -0.00792. The second-order valence-electron chi connectivity index (χ2n) is 7.08. The molecule has 1 amide bonds. The summed E-state index contributed by atoms with van der Waals surface area (Å²) < 4.78 is 3.61. The third-order valence-electron chi connectivity index (χ3n) is 5.01. The number of nitrogens with zero attached hydrogens (tertiary/aromatic N) is 7. The number of aliphatic hydroxyl groups excluding tert-OH is 1. The van der Waals surface area contributed by atoms with Crippen LogP contribution in [0.15, 0.2) is 49.2 Å². The zero-order chi connectivity index (χ0) is 19.8. The first-order valence-corrected chi connectivity index (χ1v) is 9.43. The van der Waals surface area contributed by atoms with Crippen molar-refractivity contribution >= 4 is 17.2 Å². The number of carbonyl (C=O) groups is 1. The molecule has 1 aliphatic heterocycles. The summed E-state index contributed by atoms with van der Waals surface area (Å²) in [6.45, 7) is 1.19. The molecule has 0 unspecified atom stereocenters. The number of hydrogen-bond acceptors (Lipinski definition) is 6. The van der Waals surface area contributed by atoms with Gasteiger partial charge in [0.15, 0.2) is 0 Å². The first kappa shape index (κ1) is 17.5. The number of anilines is 1. The van der Waals surface area contributed by atoms with E-state index in [9.17, 15) is 9.90 Å². The molecule has 1 fully saturated rings. The highest BCUT2D eigenvalue weighted by Crippen LogP contribution is 2.25. The van der Waals surface area contributed by atoms with Gasteiger partial charge in [-0.2, -0.15) is 0 Å². The average molecular weight is 389 g/mol. The van der Waals surface area contributed by atoms with Crippen molar-refractivity contribution in [3.63, 3.8) is 0 Å². The van der Waals surface area contributed by atoms with Crippen molar-refractivity contribution in [2.45, 2.75) is 26.0 Å². The zero-order valence-corrected chi connectivity index (χ0v) is 15.6. The van der Waals surface area contributed by atoms with E-state index >= 15 is 0 Å². The second kappa shape index (κ2) is 7.10. The van der Waals surface area contributed by atoms with E-state index in [2.05, 4.69) is 20.3 Å². The molecule has 0 aromatic carbocycles. The Kier molecular flexibility index (Phi) is 4.28. The van der Waals surface area contributed by atoms with Gasteiger partial charge in [0.2, 0.25) is 5.91 Å². The Morgan fingerprint density at radius 2 is 2.07 bits per heavy atom. The molecule has 0 aliphatic carbocycles. The normalized spacial score (nSPS) is 14.2. The van der Waals surface area contributed by atoms with E-state index in [1.807, 2.05) is 41.2 Å². The SMILES string of the molecule is O=C1CCCN1c1cncc(-c2cn(Cc3cn4cc(CO)ccc4n3)nn2)c1. The van der Waals surface area contributed by atoms with Crippen LogP contribution >= 0.6 is 0 Å². The summed E-state index contributed by atoms with van der Waals surface area (Å²) in [7, 11) is 0. The van der Waals surface area contributed by atoms with Gasteiger partial charge in [-0.15, -0.1) is 5.10 Å². The number of carbonyl (C=O) groups excluding carboxylic acids is 1. The maximum absolute atomic E-state index is 12.0. The van der Waals surface area contributed by atoms with Crippen molar-refractivity contribution in [2.75, 3.05) is 11.4 Å². The lowest BCUT2D eigenvalue weighted by Gasteiger charge is -2.15. The Hall–Kier alpha value is -3.59. The highest BCUT2D eigenvalue weighted by molar-refractivity contribution is 5.95. The Morgan fingerprint density at radius 3 is 2.90 bits per heavy atom. The summed E-state index contributed by atoms with van der Waals surface area (Å²) in [4.78, 5) is 22.6. The maximum atomic E-state index is 12.0. The number of fused-ring (bicyclic) bond motifs is 1. The number of imidazole rings is 1. The molecule has 1 saturated heterocycles. The Morgan fingerprint density at radius 1 is 1.14 bits per heavy atom. The molecule has 5 rings (SSSR count). The van der Waals surface area contributed by atoms with Gasteiger partial charge in [0, 0.05) is 37.1 Å². The molecule has 0 atom stereocenters. The highest BCUT2D eigenvalue weighted by Gasteiger charge is 2.22. The van der Waals surface area contributed by atoms with Crippen LogP contribution in [0.2, 0.25) is 0 Å². The van der Waals surface area contributed by atoms with E-state index in [0.717, 1.165) is 41.1 Å². The molecular formula is C20H19N7O2. The monoisotopic (exact) mass is 389 g/mol. The first-order chi connectivity index (χ1) is 14.2. The van der Waals surface area contributed by atoms with Gasteiger partial charge in [0.05, 0.1) is 36.9 Å². The second-order valence-corrected chi connectivity index (χ2v) is 7.08. The number of rotatable bonds is 5. The van der Waals surface area contributed by atoms with Gasteiger partial charge in [0.25, 0.3) is 0 Å². The maximum Gasteiger partial charge on any atom is 0.227 e. The number of pyridine rings is 2. The van der Waals surface area contributed by atoms with Crippen LogP contribution < -0.4 is 4.90 Å². The molecule has 4 aromatic rings. The Balaban J connectivity index is 1.38. The van der Waals surface area contributed by atoms with Crippen molar-refractivity contribution < 1.29 is 9.90 Å². The fourth-order valence-electron chi connectivity index (χ4n) is 3.57. The lowest BCUT2D eigenvalue weighted by molar-refractivity contribution is -0.117. The summed E-state index contributed by atoms with van der Waals surface area (Å²) in [5, 5.41) is 17.7.